The van der Waals surface area contributed by atoms with Crippen LogP contribution < -0.4 is 10.1 Å². The molecule has 0 unspecified atom stereocenters. The molecule has 0 bridgehead atoms. The number of nitrogens with one attached hydrogen (secondary N) is 1. The molecule has 3 rings (SSSR count). The van der Waals surface area contributed by atoms with Crippen LogP contribution in [-0.4, -0.2) is 18.1 Å². The highest BCUT2D eigenvalue weighted by Gasteiger charge is 2.16. The number of halogens is 2. The molecular weight excluding hydrogens is 286 g/mol. The van der Waals surface area contributed by atoms with E-state index >= 15 is 0 Å². The number of nitrogens with zero attached hydrogens (tertiary/aromatic N) is 1. The second-order valence-corrected chi connectivity index (χ2v) is 5.45. The molecule has 0 radical (unpaired) electrons. The molecule has 5 heteroatoms. The number of piperidine rings is 1. The van der Waals surface area contributed by atoms with Crippen molar-refractivity contribution in [3.63, 3.8) is 0 Å². The van der Waals surface area contributed by atoms with Crippen LogP contribution in [0.15, 0.2) is 36.4 Å². The van der Waals surface area contributed by atoms with Gasteiger partial charge >= 0.3 is 0 Å². The van der Waals surface area contributed by atoms with E-state index < -0.39 is 11.6 Å². The summed E-state index contributed by atoms with van der Waals surface area (Å²) in [6.45, 7) is 2.03. The molecule has 0 atom stereocenters. The fourth-order valence-corrected chi connectivity index (χ4v) is 2.65. The summed E-state index contributed by atoms with van der Waals surface area (Å²) in [5.41, 5.74) is 1.33. The average molecular weight is 304 g/mol. The Hall–Kier alpha value is -2.01. The largest absolute Gasteiger partial charge is 0.473 e. The summed E-state index contributed by atoms with van der Waals surface area (Å²) in [7, 11) is 0. The lowest BCUT2D eigenvalue weighted by atomic mass is 9.94. The minimum atomic E-state index is -0.602. The molecule has 0 aliphatic carbocycles. The molecule has 22 heavy (non-hydrogen) atoms. The summed E-state index contributed by atoms with van der Waals surface area (Å²) in [5, 5.41) is 3.33. The highest BCUT2D eigenvalue weighted by molar-refractivity contribution is 5.21. The Morgan fingerprint density at radius 3 is 2.73 bits per heavy atom. The Morgan fingerprint density at radius 2 is 1.95 bits per heavy atom. The van der Waals surface area contributed by atoms with Gasteiger partial charge in [-0.1, -0.05) is 6.07 Å². The Bertz CT molecular complexity index is 642. The predicted molar refractivity (Wildman–Crippen MR) is 79.8 cm³/mol. The van der Waals surface area contributed by atoms with E-state index in [0.29, 0.717) is 17.4 Å². The van der Waals surface area contributed by atoms with Crippen LogP contribution in [0, 0.1) is 11.6 Å². The summed E-state index contributed by atoms with van der Waals surface area (Å²) >= 11 is 0. The Morgan fingerprint density at radius 1 is 1.14 bits per heavy atom. The van der Waals surface area contributed by atoms with E-state index in [-0.39, 0.29) is 6.61 Å². The maximum atomic E-state index is 13.6. The number of hydrogen-bond donors (Lipinski definition) is 1. The van der Waals surface area contributed by atoms with E-state index in [4.69, 9.17) is 4.74 Å². The number of benzene rings is 1. The molecule has 1 aliphatic rings. The normalized spacial score (nSPS) is 15.7. The highest BCUT2D eigenvalue weighted by atomic mass is 19.1. The first-order chi connectivity index (χ1) is 10.7. The van der Waals surface area contributed by atoms with Crippen molar-refractivity contribution >= 4 is 0 Å². The van der Waals surface area contributed by atoms with Crippen LogP contribution in [0.25, 0.3) is 0 Å². The van der Waals surface area contributed by atoms with Crippen LogP contribution >= 0.6 is 0 Å². The van der Waals surface area contributed by atoms with E-state index in [1.807, 2.05) is 12.1 Å². The van der Waals surface area contributed by atoms with Crippen molar-refractivity contribution in [2.24, 2.45) is 0 Å². The van der Waals surface area contributed by atoms with Crippen molar-refractivity contribution < 1.29 is 13.5 Å². The Balaban J connectivity index is 1.67. The van der Waals surface area contributed by atoms with Crippen LogP contribution in [0.3, 0.4) is 0 Å². The molecule has 1 fully saturated rings. The van der Waals surface area contributed by atoms with Crippen molar-refractivity contribution in [1.82, 2.24) is 10.3 Å². The van der Waals surface area contributed by atoms with Gasteiger partial charge in [0.05, 0.1) is 0 Å². The number of pyridine rings is 1. The first kappa shape index (κ1) is 14.9. The predicted octanol–water partition coefficient (Wildman–Crippen LogP) is 3.41. The molecule has 1 N–H and O–H groups in total. The van der Waals surface area contributed by atoms with Gasteiger partial charge in [-0.15, -0.1) is 0 Å². The van der Waals surface area contributed by atoms with Crippen molar-refractivity contribution in [2.75, 3.05) is 13.1 Å². The summed E-state index contributed by atoms with van der Waals surface area (Å²) in [4.78, 5) is 4.51. The third-order valence-corrected chi connectivity index (χ3v) is 3.89. The molecule has 2 heterocycles. The van der Waals surface area contributed by atoms with Gasteiger partial charge in [-0.25, -0.2) is 13.8 Å². The average Bonchev–Trinajstić information content (AvgIpc) is 2.55. The van der Waals surface area contributed by atoms with E-state index in [0.717, 1.165) is 37.7 Å². The molecule has 116 valence electrons. The molecule has 1 aliphatic heterocycles. The quantitative estimate of drug-likeness (QED) is 0.940. The Labute approximate surface area is 128 Å². The van der Waals surface area contributed by atoms with Gasteiger partial charge in [-0.2, -0.15) is 0 Å². The van der Waals surface area contributed by atoms with Crippen molar-refractivity contribution in [1.29, 1.82) is 0 Å². The van der Waals surface area contributed by atoms with Crippen molar-refractivity contribution in [3.8, 4) is 5.88 Å². The number of hydrogen-bond acceptors (Lipinski definition) is 3. The third kappa shape index (κ3) is 3.60. The van der Waals surface area contributed by atoms with Gasteiger partial charge in [0.25, 0.3) is 0 Å². The lowest BCUT2D eigenvalue weighted by Gasteiger charge is -2.22. The lowest BCUT2D eigenvalue weighted by molar-refractivity contribution is 0.285. The molecular formula is C17H18F2N2O. The van der Waals surface area contributed by atoms with E-state index in [9.17, 15) is 8.78 Å². The standard InChI is InChI=1S/C17H18F2N2O/c18-14-5-4-13(15(19)10-14)11-22-17-3-1-2-16(21-17)12-6-8-20-9-7-12/h1-5,10,12,20H,6-9,11H2. The minimum Gasteiger partial charge on any atom is -0.473 e. The lowest BCUT2D eigenvalue weighted by Crippen LogP contribution is -2.27. The summed E-state index contributed by atoms with van der Waals surface area (Å²) < 4.78 is 32.0. The van der Waals surface area contributed by atoms with Gasteiger partial charge in [0.1, 0.15) is 18.2 Å². The molecule has 2 aromatic rings. The Kier molecular flexibility index (Phi) is 4.63. The molecule has 1 aromatic heterocycles. The maximum Gasteiger partial charge on any atom is 0.213 e. The van der Waals surface area contributed by atoms with Crippen LogP contribution in [0.2, 0.25) is 0 Å². The zero-order chi connectivity index (χ0) is 15.4. The van der Waals surface area contributed by atoms with Crippen molar-refractivity contribution in [3.05, 3.63) is 59.3 Å². The van der Waals surface area contributed by atoms with Crippen LogP contribution in [-0.2, 0) is 6.61 Å². The van der Waals surface area contributed by atoms with E-state index in [2.05, 4.69) is 10.3 Å². The van der Waals surface area contributed by atoms with E-state index in [1.54, 1.807) is 6.07 Å². The van der Waals surface area contributed by atoms with Crippen molar-refractivity contribution in [2.45, 2.75) is 25.4 Å². The third-order valence-electron chi connectivity index (χ3n) is 3.89. The molecule has 0 saturated carbocycles. The van der Waals surface area contributed by atoms with Gasteiger partial charge in [0.2, 0.25) is 5.88 Å². The monoisotopic (exact) mass is 304 g/mol. The zero-order valence-corrected chi connectivity index (χ0v) is 12.2. The second kappa shape index (κ2) is 6.83. The van der Waals surface area contributed by atoms with Gasteiger partial charge in [0, 0.05) is 29.3 Å². The first-order valence-corrected chi connectivity index (χ1v) is 7.47. The summed E-state index contributed by atoms with van der Waals surface area (Å²) in [6, 6.07) is 9.13. The van der Waals surface area contributed by atoms with E-state index in [1.165, 1.54) is 12.1 Å². The highest BCUT2D eigenvalue weighted by Crippen LogP contribution is 2.25. The first-order valence-electron chi connectivity index (χ1n) is 7.47. The molecule has 0 spiro atoms. The fraction of sp³-hybridized carbons (Fsp3) is 0.353. The second-order valence-electron chi connectivity index (χ2n) is 5.45. The summed E-state index contributed by atoms with van der Waals surface area (Å²) in [5.74, 6) is -0.283. The zero-order valence-electron chi connectivity index (χ0n) is 12.2. The minimum absolute atomic E-state index is 0.0365. The molecule has 3 nitrogen and oxygen atoms in total. The number of rotatable bonds is 4. The van der Waals surface area contributed by atoms with Gasteiger partial charge in [0.15, 0.2) is 0 Å². The maximum absolute atomic E-state index is 13.6. The van der Waals surface area contributed by atoms with Gasteiger partial charge < -0.3 is 10.1 Å². The molecule has 1 aromatic carbocycles. The van der Waals surface area contributed by atoms with Gasteiger partial charge in [-0.3, -0.25) is 0 Å². The molecule has 1 saturated heterocycles. The summed E-state index contributed by atoms with van der Waals surface area (Å²) in [6.07, 6.45) is 2.12. The van der Waals surface area contributed by atoms with Crippen LogP contribution in [0.4, 0.5) is 8.78 Å². The van der Waals surface area contributed by atoms with Crippen LogP contribution in [0.5, 0.6) is 5.88 Å². The topological polar surface area (TPSA) is 34.1 Å². The fourth-order valence-electron chi connectivity index (χ4n) is 2.65. The number of aromatic nitrogens is 1. The van der Waals surface area contributed by atoms with Crippen LogP contribution in [0.1, 0.15) is 30.0 Å². The SMILES string of the molecule is Fc1ccc(COc2cccc(C3CCNCC3)n2)c(F)c1. The van der Waals surface area contributed by atoms with Gasteiger partial charge in [-0.05, 0) is 44.1 Å². The molecule has 0 amide bonds. The smallest absolute Gasteiger partial charge is 0.213 e. The number of ether oxygens (including phenoxy) is 1.